The van der Waals surface area contributed by atoms with Gasteiger partial charge < -0.3 is 19.1 Å². The van der Waals surface area contributed by atoms with Crippen molar-refractivity contribution in [3.8, 4) is 0 Å². The standard InChI is InChI=1S/C13H23NO5/c1-5-17-11(15)8-10-9-14(6-7-18-10)12(16)19-13(2,3)4/h10H,5-9H2,1-4H3. The number of esters is 1. The number of ether oxygens (including phenoxy) is 3. The van der Waals surface area contributed by atoms with E-state index in [0.717, 1.165) is 0 Å². The van der Waals surface area contributed by atoms with Gasteiger partial charge in [0.1, 0.15) is 5.60 Å². The fraction of sp³-hybridized carbons (Fsp3) is 0.846. The molecule has 6 heteroatoms. The van der Waals surface area contributed by atoms with Gasteiger partial charge in [-0.3, -0.25) is 4.79 Å². The second-order valence-electron chi connectivity index (χ2n) is 5.43. The molecular formula is C13H23NO5. The second kappa shape index (κ2) is 6.75. The van der Waals surface area contributed by atoms with Gasteiger partial charge in [0.25, 0.3) is 0 Å². The number of hydrogen-bond acceptors (Lipinski definition) is 5. The molecule has 1 saturated heterocycles. The van der Waals surface area contributed by atoms with E-state index in [1.807, 2.05) is 20.8 Å². The number of carbonyl (C=O) groups is 2. The Balaban J connectivity index is 2.45. The zero-order valence-corrected chi connectivity index (χ0v) is 12.1. The van der Waals surface area contributed by atoms with Crippen LogP contribution in [0.3, 0.4) is 0 Å². The molecule has 0 spiro atoms. The van der Waals surface area contributed by atoms with Gasteiger partial charge in [0.2, 0.25) is 0 Å². The van der Waals surface area contributed by atoms with Crippen molar-refractivity contribution in [2.45, 2.75) is 45.8 Å². The maximum absolute atomic E-state index is 11.9. The van der Waals surface area contributed by atoms with E-state index >= 15 is 0 Å². The molecule has 0 aromatic carbocycles. The minimum Gasteiger partial charge on any atom is -0.466 e. The second-order valence-corrected chi connectivity index (χ2v) is 5.43. The van der Waals surface area contributed by atoms with Crippen molar-refractivity contribution in [1.29, 1.82) is 0 Å². The maximum Gasteiger partial charge on any atom is 0.410 e. The molecule has 1 amide bonds. The van der Waals surface area contributed by atoms with Gasteiger partial charge in [0.05, 0.1) is 32.3 Å². The summed E-state index contributed by atoms with van der Waals surface area (Å²) in [6, 6.07) is 0. The fourth-order valence-corrected chi connectivity index (χ4v) is 1.74. The summed E-state index contributed by atoms with van der Waals surface area (Å²) in [7, 11) is 0. The molecule has 0 radical (unpaired) electrons. The predicted molar refractivity (Wildman–Crippen MR) is 68.8 cm³/mol. The smallest absolute Gasteiger partial charge is 0.410 e. The Kier molecular flexibility index (Phi) is 5.60. The molecule has 0 N–H and O–H groups in total. The Labute approximate surface area is 114 Å². The van der Waals surface area contributed by atoms with Crippen molar-refractivity contribution < 1.29 is 23.8 Å². The first kappa shape index (κ1) is 15.8. The Morgan fingerprint density at radius 2 is 2.05 bits per heavy atom. The molecule has 1 heterocycles. The van der Waals surface area contributed by atoms with Crippen LogP contribution in [0.1, 0.15) is 34.1 Å². The Morgan fingerprint density at radius 3 is 2.63 bits per heavy atom. The molecule has 1 aliphatic heterocycles. The molecule has 1 fully saturated rings. The first-order valence-corrected chi connectivity index (χ1v) is 6.57. The Bertz CT molecular complexity index is 323. The lowest BCUT2D eigenvalue weighted by Gasteiger charge is -2.33. The van der Waals surface area contributed by atoms with E-state index in [-0.39, 0.29) is 24.6 Å². The minimum absolute atomic E-state index is 0.160. The van der Waals surface area contributed by atoms with Crippen LogP contribution < -0.4 is 0 Å². The largest absolute Gasteiger partial charge is 0.466 e. The van der Waals surface area contributed by atoms with Gasteiger partial charge in [-0.05, 0) is 27.7 Å². The van der Waals surface area contributed by atoms with Crippen LogP contribution >= 0.6 is 0 Å². The fourth-order valence-electron chi connectivity index (χ4n) is 1.74. The van der Waals surface area contributed by atoms with Crippen molar-refractivity contribution in [3.63, 3.8) is 0 Å². The molecule has 0 saturated carbocycles. The van der Waals surface area contributed by atoms with Crippen LogP contribution in [-0.2, 0) is 19.0 Å². The molecule has 19 heavy (non-hydrogen) atoms. The Morgan fingerprint density at radius 1 is 1.37 bits per heavy atom. The van der Waals surface area contributed by atoms with E-state index in [1.165, 1.54) is 0 Å². The first-order valence-electron chi connectivity index (χ1n) is 6.57. The van der Waals surface area contributed by atoms with E-state index in [1.54, 1.807) is 11.8 Å². The highest BCUT2D eigenvalue weighted by molar-refractivity contribution is 5.71. The predicted octanol–water partition coefficient (Wildman–Crippen LogP) is 1.58. The van der Waals surface area contributed by atoms with Gasteiger partial charge >= 0.3 is 12.1 Å². The molecule has 0 bridgehead atoms. The summed E-state index contributed by atoms with van der Waals surface area (Å²) in [5.74, 6) is -0.307. The number of rotatable bonds is 3. The van der Waals surface area contributed by atoms with Crippen molar-refractivity contribution in [1.82, 2.24) is 4.90 Å². The van der Waals surface area contributed by atoms with Crippen LogP contribution in [0, 0.1) is 0 Å². The normalized spacial score (nSPS) is 20.0. The Hall–Kier alpha value is -1.30. The van der Waals surface area contributed by atoms with Gasteiger partial charge in [-0.2, -0.15) is 0 Å². The van der Waals surface area contributed by atoms with E-state index in [4.69, 9.17) is 14.2 Å². The lowest BCUT2D eigenvalue weighted by atomic mass is 10.2. The van der Waals surface area contributed by atoms with Crippen LogP contribution in [0.15, 0.2) is 0 Å². The molecule has 1 aliphatic rings. The molecule has 0 aromatic heterocycles. The highest BCUT2D eigenvalue weighted by Crippen LogP contribution is 2.14. The lowest BCUT2D eigenvalue weighted by Crippen LogP contribution is -2.48. The van der Waals surface area contributed by atoms with E-state index in [2.05, 4.69) is 0 Å². The summed E-state index contributed by atoms with van der Waals surface area (Å²) >= 11 is 0. The van der Waals surface area contributed by atoms with Crippen LogP contribution in [0.5, 0.6) is 0 Å². The zero-order valence-electron chi connectivity index (χ0n) is 12.1. The summed E-state index contributed by atoms with van der Waals surface area (Å²) in [4.78, 5) is 24.9. The molecule has 1 unspecified atom stereocenters. The molecule has 1 rings (SSSR count). The van der Waals surface area contributed by atoms with E-state index in [9.17, 15) is 9.59 Å². The topological polar surface area (TPSA) is 65.1 Å². The van der Waals surface area contributed by atoms with Gasteiger partial charge in [0.15, 0.2) is 0 Å². The molecule has 0 aliphatic carbocycles. The summed E-state index contributed by atoms with van der Waals surface area (Å²) in [6.45, 7) is 8.81. The monoisotopic (exact) mass is 273 g/mol. The minimum atomic E-state index is -0.522. The maximum atomic E-state index is 11.9. The van der Waals surface area contributed by atoms with Crippen molar-refractivity contribution in [2.24, 2.45) is 0 Å². The highest BCUT2D eigenvalue weighted by atomic mass is 16.6. The quantitative estimate of drug-likeness (QED) is 0.730. The van der Waals surface area contributed by atoms with Crippen LogP contribution in [0.25, 0.3) is 0 Å². The third-order valence-electron chi connectivity index (χ3n) is 2.49. The van der Waals surface area contributed by atoms with Gasteiger partial charge in [-0.1, -0.05) is 0 Å². The summed E-state index contributed by atoms with van der Waals surface area (Å²) < 4.78 is 15.6. The van der Waals surface area contributed by atoms with Crippen molar-refractivity contribution in [2.75, 3.05) is 26.3 Å². The third kappa shape index (κ3) is 5.92. The van der Waals surface area contributed by atoms with Crippen molar-refractivity contribution >= 4 is 12.1 Å². The van der Waals surface area contributed by atoms with Gasteiger partial charge in [0, 0.05) is 6.54 Å². The summed E-state index contributed by atoms with van der Waals surface area (Å²) in [5.41, 5.74) is -0.522. The van der Waals surface area contributed by atoms with Crippen molar-refractivity contribution in [3.05, 3.63) is 0 Å². The molecule has 0 aromatic rings. The molecule has 1 atom stereocenters. The number of carbonyl (C=O) groups excluding carboxylic acids is 2. The van der Waals surface area contributed by atoms with Crippen LogP contribution in [0.2, 0.25) is 0 Å². The number of amides is 1. The van der Waals surface area contributed by atoms with E-state index < -0.39 is 5.60 Å². The number of hydrogen-bond donors (Lipinski definition) is 0. The van der Waals surface area contributed by atoms with Gasteiger partial charge in [-0.15, -0.1) is 0 Å². The number of nitrogens with zero attached hydrogens (tertiary/aromatic N) is 1. The number of morpholine rings is 1. The highest BCUT2D eigenvalue weighted by Gasteiger charge is 2.29. The van der Waals surface area contributed by atoms with Gasteiger partial charge in [-0.25, -0.2) is 4.79 Å². The van der Waals surface area contributed by atoms with E-state index in [0.29, 0.717) is 26.3 Å². The molecule has 110 valence electrons. The zero-order chi connectivity index (χ0) is 14.5. The van der Waals surface area contributed by atoms with Crippen LogP contribution in [-0.4, -0.2) is 55.0 Å². The average molecular weight is 273 g/mol. The average Bonchev–Trinajstić information content (AvgIpc) is 2.27. The first-order chi connectivity index (χ1) is 8.81. The molecule has 6 nitrogen and oxygen atoms in total. The SMILES string of the molecule is CCOC(=O)CC1CN(C(=O)OC(C)(C)C)CCO1. The summed E-state index contributed by atoms with van der Waals surface area (Å²) in [5, 5.41) is 0. The molecular weight excluding hydrogens is 250 g/mol. The summed E-state index contributed by atoms with van der Waals surface area (Å²) in [6.07, 6.45) is -0.530. The van der Waals surface area contributed by atoms with Crippen LogP contribution in [0.4, 0.5) is 4.79 Å². The third-order valence-corrected chi connectivity index (χ3v) is 2.49. The lowest BCUT2D eigenvalue weighted by molar-refractivity contribution is -0.148.